The molecule has 0 radical (unpaired) electrons. The first-order chi connectivity index (χ1) is 11.2. The highest BCUT2D eigenvalue weighted by atomic mass is 35.5. The van der Waals surface area contributed by atoms with Crippen LogP contribution in [0.4, 0.5) is 18.9 Å². The van der Waals surface area contributed by atoms with Crippen LogP contribution in [-0.4, -0.2) is 30.1 Å². The quantitative estimate of drug-likeness (QED) is 0.798. The molecule has 3 nitrogen and oxygen atoms in total. The van der Waals surface area contributed by atoms with E-state index >= 15 is 0 Å². The molecule has 0 bridgehead atoms. The van der Waals surface area contributed by atoms with Crippen LogP contribution in [0.15, 0.2) is 48.5 Å². The van der Waals surface area contributed by atoms with Gasteiger partial charge in [0.25, 0.3) is 5.91 Å². The number of alkyl halides is 3. The summed E-state index contributed by atoms with van der Waals surface area (Å²) >= 11 is 0. The van der Waals surface area contributed by atoms with Gasteiger partial charge in [0.1, 0.15) is 6.54 Å². The smallest absolute Gasteiger partial charge is 0.399 e. The topological polar surface area (TPSA) is 46.3 Å². The summed E-state index contributed by atoms with van der Waals surface area (Å²) in [5.41, 5.74) is 8.06. The molecule has 136 valence electrons. The van der Waals surface area contributed by atoms with Gasteiger partial charge < -0.3 is 10.6 Å². The SMILES string of the molecule is Cc1ccc(CCN(CC(F)(F)F)C(=O)c2cccc(N)c2)cc1.Cl. The van der Waals surface area contributed by atoms with Gasteiger partial charge in [-0.2, -0.15) is 13.2 Å². The first kappa shape index (κ1) is 20.8. The van der Waals surface area contributed by atoms with Gasteiger partial charge in [-0.05, 0) is 37.1 Å². The van der Waals surface area contributed by atoms with Crippen molar-refractivity contribution in [3.63, 3.8) is 0 Å². The van der Waals surface area contributed by atoms with Crippen LogP contribution in [0.25, 0.3) is 0 Å². The van der Waals surface area contributed by atoms with E-state index in [2.05, 4.69) is 0 Å². The fourth-order valence-corrected chi connectivity index (χ4v) is 2.34. The number of hydrogen-bond acceptors (Lipinski definition) is 2. The van der Waals surface area contributed by atoms with E-state index < -0.39 is 18.6 Å². The third kappa shape index (κ3) is 6.66. The van der Waals surface area contributed by atoms with E-state index in [1.165, 1.54) is 12.1 Å². The standard InChI is InChI=1S/C18H19F3N2O.ClH/c1-13-5-7-14(8-6-13)9-10-23(12-18(19,20)21)17(24)15-3-2-4-16(22)11-15;/h2-8,11H,9-10,12,22H2,1H3;1H. The Morgan fingerprint density at radius 1 is 1.12 bits per heavy atom. The Hall–Kier alpha value is -2.21. The molecular formula is C18H20ClF3N2O. The van der Waals surface area contributed by atoms with Crippen molar-refractivity contribution in [1.82, 2.24) is 4.90 Å². The molecule has 0 aliphatic rings. The minimum atomic E-state index is -4.46. The molecule has 0 saturated heterocycles. The van der Waals surface area contributed by atoms with E-state index in [9.17, 15) is 18.0 Å². The van der Waals surface area contributed by atoms with Crippen molar-refractivity contribution in [3.8, 4) is 0 Å². The molecule has 7 heteroatoms. The molecule has 0 aromatic heterocycles. The minimum Gasteiger partial charge on any atom is -0.399 e. The number of anilines is 1. The lowest BCUT2D eigenvalue weighted by Crippen LogP contribution is -2.40. The number of benzene rings is 2. The number of aryl methyl sites for hydroxylation is 1. The summed E-state index contributed by atoms with van der Waals surface area (Å²) in [7, 11) is 0. The van der Waals surface area contributed by atoms with Gasteiger partial charge in [0.2, 0.25) is 0 Å². The van der Waals surface area contributed by atoms with Crippen LogP contribution in [0.1, 0.15) is 21.5 Å². The molecule has 1 amide bonds. The zero-order chi connectivity index (χ0) is 17.7. The van der Waals surface area contributed by atoms with Crippen LogP contribution in [0.5, 0.6) is 0 Å². The summed E-state index contributed by atoms with van der Waals surface area (Å²) in [6.07, 6.45) is -4.10. The molecule has 0 heterocycles. The van der Waals surface area contributed by atoms with Gasteiger partial charge in [0.05, 0.1) is 0 Å². The number of nitrogens with zero attached hydrogens (tertiary/aromatic N) is 1. The number of halogens is 4. The van der Waals surface area contributed by atoms with Gasteiger partial charge in [-0.15, -0.1) is 12.4 Å². The molecule has 0 aliphatic carbocycles. The Labute approximate surface area is 151 Å². The largest absolute Gasteiger partial charge is 0.406 e. The molecule has 0 aliphatic heterocycles. The Morgan fingerprint density at radius 2 is 1.76 bits per heavy atom. The number of nitrogen functional groups attached to an aromatic ring is 1. The maximum Gasteiger partial charge on any atom is 0.406 e. The molecule has 0 atom stereocenters. The zero-order valence-corrected chi connectivity index (χ0v) is 14.5. The Balaban J connectivity index is 0.00000312. The van der Waals surface area contributed by atoms with E-state index in [1.54, 1.807) is 12.1 Å². The Bertz CT molecular complexity index is 702. The van der Waals surface area contributed by atoms with Gasteiger partial charge in [0.15, 0.2) is 0 Å². The number of hydrogen-bond donors (Lipinski definition) is 1. The average Bonchev–Trinajstić information content (AvgIpc) is 2.51. The molecule has 2 rings (SSSR count). The fourth-order valence-electron chi connectivity index (χ4n) is 2.34. The van der Waals surface area contributed by atoms with Crippen molar-refractivity contribution in [3.05, 3.63) is 65.2 Å². The number of rotatable bonds is 5. The number of carbonyl (C=O) groups excluding carboxylic acids is 1. The van der Waals surface area contributed by atoms with Crippen LogP contribution < -0.4 is 5.73 Å². The number of nitrogens with two attached hydrogens (primary N) is 1. The van der Waals surface area contributed by atoms with Crippen LogP contribution in [0, 0.1) is 6.92 Å². The van der Waals surface area contributed by atoms with E-state index in [1.807, 2.05) is 31.2 Å². The van der Waals surface area contributed by atoms with Crippen LogP contribution in [0.2, 0.25) is 0 Å². The molecule has 0 spiro atoms. The first-order valence-electron chi connectivity index (χ1n) is 7.52. The summed E-state index contributed by atoms with van der Waals surface area (Å²) in [6.45, 7) is 0.631. The van der Waals surface area contributed by atoms with Gasteiger partial charge >= 0.3 is 6.18 Å². The second kappa shape index (κ2) is 8.76. The second-order valence-electron chi connectivity index (χ2n) is 5.70. The lowest BCUT2D eigenvalue weighted by Gasteiger charge is -2.24. The summed E-state index contributed by atoms with van der Waals surface area (Å²) in [5.74, 6) is -0.674. The average molecular weight is 373 g/mol. The van der Waals surface area contributed by atoms with Crippen molar-refractivity contribution in [2.75, 3.05) is 18.8 Å². The normalized spacial score (nSPS) is 10.9. The number of amides is 1. The van der Waals surface area contributed by atoms with Crippen molar-refractivity contribution in [2.24, 2.45) is 0 Å². The molecule has 2 aromatic rings. The monoisotopic (exact) mass is 372 g/mol. The molecule has 2 N–H and O–H groups in total. The Kier molecular flexibility index (Phi) is 7.30. The van der Waals surface area contributed by atoms with E-state index in [0.29, 0.717) is 12.1 Å². The zero-order valence-electron chi connectivity index (χ0n) is 13.7. The van der Waals surface area contributed by atoms with Gasteiger partial charge in [-0.25, -0.2) is 0 Å². The maximum atomic E-state index is 12.8. The van der Waals surface area contributed by atoms with Crippen LogP contribution >= 0.6 is 12.4 Å². The van der Waals surface area contributed by atoms with Gasteiger partial charge in [-0.1, -0.05) is 35.9 Å². The van der Waals surface area contributed by atoms with E-state index in [0.717, 1.165) is 16.0 Å². The molecule has 0 saturated carbocycles. The lowest BCUT2D eigenvalue weighted by molar-refractivity contribution is -0.140. The van der Waals surface area contributed by atoms with Crippen molar-refractivity contribution in [1.29, 1.82) is 0 Å². The minimum absolute atomic E-state index is 0. The summed E-state index contributed by atoms with van der Waals surface area (Å²) < 4.78 is 38.5. The Morgan fingerprint density at radius 3 is 2.32 bits per heavy atom. The lowest BCUT2D eigenvalue weighted by atomic mass is 10.1. The predicted molar refractivity (Wildman–Crippen MR) is 94.9 cm³/mol. The van der Waals surface area contributed by atoms with Crippen LogP contribution in [0.3, 0.4) is 0 Å². The molecular weight excluding hydrogens is 353 g/mol. The second-order valence-corrected chi connectivity index (χ2v) is 5.70. The fraction of sp³-hybridized carbons (Fsp3) is 0.278. The molecule has 25 heavy (non-hydrogen) atoms. The number of carbonyl (C=O) groups is 1. The van der Waals surface area contributed by atoms with Crippen LogP contribution in [-0.2, 0) is 6.42 Å². The molecule has 2 aromatic carbocycles. The van der Waals surface area contributed by atoms with Gasteiger partial charge in [-0.3, -0.25) is 4.79 Å². The van der Waals surface area contributed by atoms with Gasteiger partial charge in [0, 0.05) is 17.8 Å². The molecule has 0 unspecified atom stereocenters. The summed E-state index contributed by atoms with van der Waals surface area (Å²) in [4.78, 5) is 13.2. The highest BCUT2D eigenvalue weighted by molar-refractivity contribution is 5.95. The predicted octanol–water partition coefficient (Wildman–Crippen LogP) is 4.25. The highest BCUT2D eigenvalue weighted by Gasteiger charge is 2.33. The third-order valence-electron chi connectivity index (χ3n) is 3.58. The first-order valence-corrected chi connectivity index (χ1v) is 7.52. The van der Waals surface area contributed by atoms with E-state index in [-0.39, 0.29) is 24.5 Å². The molecule has 0 fully saturated rings. The van der Waals surface area contributed by atoms with Crippen molar-refractivity contribution >= 4 is 24.0 Å². The maximum absolute atomic E-state index is 12.8. The third-order valence-corrected chi connectivity index (χ3v) is 3.58. The van der Waals surface area contributed by atoms with Crippen molar-refractivity contribution in [2.45, 2.75) is 19.5 Å². The summed E-state index contributed by atoms with van der Waals surface area (Å²) in [6, 6.07) is 13.5. The van der Waals surface area contributed by atoms with E-state index in [4.69, 9.17) is 5.73 Å². The van der Waals surface area contributed by atoms with Crippen molar-refractivity contribution < 1.29 is 18.0 Å². The highest BCUT2D eigenvalue weighted by Crippen LogP contribution is 2.19. The summed E-state index contributed by atoms with van der Waals surface area (Å²) in [5, 5.41) is 0.